The summed E-state index contributed by atoms with van der Waals surface area (Å²) in [6.45, 7) is 10.9. The molecule has 0 saturated carbocycles. The Morgan fingerprint density at radius 2 is 1.87 bits per heavy atom. The van der Waals surface area contributed by atoms with Crippen molar-refractivity contribution in [2.75, 3.05) is 13.2 Å². The molecule has 30 heavy (non-hydrogen) atoms. The summed E-state index contributed by atoms with van der Waals surface area (Å²) in [5, 5.41) is 0. The van der Waals surface area contributed by atoms with Gasteiger partial charge in [0.2, 0.25) is 0 Å². The number of nitrogens with two attached hydrogens (primary N) is 1. The van der Waals surface area contributed by atoms with Crippen molar-refractivity contribution in [3.05, 3.63) is 0 Å². The van der Waals surface area contributed by atoms with Gasteiger partial charge in [-0.15, -0.1) is 0 Å². The Morgan fingerprint density at radius 3 is 2.43 bits per heavy atom. The predicted octanol–water partition coefficient (Wildman–Crippen LogP) is 1.29. The molecule has 2 N–H and O–H groups in total. The second-order valence-electron chi connectivity index (χ2n) is 8.57. The Bertz CT molecular complexity index is 631. The summed E-state index contributed by atoms with van der Waals surface area (Å²) in [7, 11) is -5.02. The maximum absolute atomic E-state index is 12.5. The molecule has 2 saturated heterocycles. The largest absolute Gasteiger partial charge is 0.746 e. The maximum atomic E-state index is 12.5. The van der Waals surface area contributed by atoms with Gasteiger partial charge in [0.15, 0.2) is 6.10 Å². The van der Waals surface area contributed by atoms with E-state index in [0.29, 0.717) is 6.42 Å². The van der Waals surface area contributed by atoms with Crippen LogP contribution in [0.5, 0.6) is 0 Å². The molecule has 11 heteroatoms. The summed E-state index contributed by atoms with van der Waals surface area (Å²) in [6.07, 6.45) is -2.79. The van der Waals surface area contributed by atoms with Crippen molar-refractivity contribution in [3.63, 3.8) is 0 Å². The minimum atomic E-state index is -5.02. The fraction of sp³-hybridized carbons (Fsp3) is 0.947. The van der Waals surface area contributed by atoms with E-state index in [9.17, 15) is 14.3 Å². The number of phosphoric ester groups is 1. The van der Waals surface area contributed by atoms with Gasteiger partial charge >= 0.3 is 13.8 Å². The van der Waals surface area contributed by atoms with Gasteiger partial charge in [-0.25, -0.2) is 4.79 Å². The fourth-order valence-electron chi connectivity index (χ4n) is 3.72. The van der Waals surface area contributed by atoms with E-state index in [-0.39, 0.29) is 44.0 Å². The molecule has 2 rings (SSSR count). The van der Waals surface area contributed by atoms with Crippen molar-refractivity contribution in [1.82, 2.24) is 0 Å². The lowest BCUT2D eigenvalue weighted by Crippen LogP contribution is -2.52. The fourth-order valence-corrected chi connectivity index (χ4v) is 4.68. The van der Waals surface area contributed by atoms with Crippen LogP contribution in [-0.2, 0) is 37.4 Å². The zero-order valence-electron chi connectivity index (χ0n) is 18.6. The van der Waals surface area contributed by atoms with Crippen LogP contribution in [0.1, 0.15) is 54.4 Å². The third-order valence-electron chi connectivity index (χ3n) is 4.99. The number of hydrogen-bond donors (Lipinski definition) is 1. The molecule has 0 aromatic heterocycles. The molecule has 2 aliphatic rings. The molecule has 0 bridgehead atoms. The monoisotopic (exact) mass is 452 g/mol. The number of ether oxygens (including phenoxy) is 4. The SMILES string of the molecule is CC(C)OC[C@@]1(CN)O[C@@H](C)C[C@H]1OP(=O)([O-])OC(=O)[C@H]1O[C@@H](C)CC1OC(C)C. The van der Waals surface area contributed by atoms with Crippen molar-refractivity contribution >= 4 is 13.8 Å². The first-order valence-corrected chi connectivity index (χ1v) is 11.9. The molecule has 0 amide bonds. The molecule has 2 aliphatic heterocycles. The summed E-state index contributed by atoms with van der Waals surface area (Å²) >= 11 is 0. The van der Waals surface area contributed by atoms with Gasteiger partial charge < -0.3 is 38.6 Å². The number of carbonyl (C=O) groups excluding carboxylic acids is 1. The molecule has 0 radical (unpaired) electrons. The molecule has 0 aliphatic carbocycles. The average molecular weight is 452 g/mol. The van der Waals surface area contributed by atoms with Crippen LogP contribution >= 0.6 is 7.82 Å². The summed E-state index contributed by atoms with van der Waals surface area (Å²) < 4.78 is 45.2. The maximum Gasteiger partial charge on any atom is 0.343 e. The van der Waals surface area contributed by atoms with Gasteiger partial charge in [-0.2, -0.15) is 0 Å². The highest BCUT2D eigenvalue weighted by atomic mass is 31.2. The molecular weight excluding hydrogens is 417 g/mol. The molecule has 0 spiro atoms. The van der Waals surface area contributed by atoms with Crippen molar-refractivity contribution in [2.45, 2.75) is 103 Å². The first-order chi connectivity index (χ1) is 13.9. The van der Waals surface area contributed by atoms with Crippen LogP contribution in [0.25, 0.3) is 0 Å². The lowest BCUT2D eigenvalue weighted by molar-refractivity contribution is -0.236. The standard InChI is InChI=1S/C19H36NO9P/c1-11(2)24-10-19(9-20)16(8-14(6)27-19)28-30(22,23)29-18(21)17-15(25-12(3)4)7-13(5)26-17/h11-17H,7-10,20H2,1-6H3,(H,22,23)/p-1/t13-,14-,15?,16+,17-,19+/m0/s1. The van der Waals surface area contributed by atoms with Crippen LogP contribution in [-0.4, -0.2) is 67.4 Å². The van der Waals surface area contributed by atoms with Gasteiger partial charge in [-0.1, -0.05) is 0 Å². The Morgan fingerprint density at radius 1 is 1.20 bits per heavy atom. The van der Waals surface area contributed by atoms with Crippen molar-refractivity contribution in [1.29, 1.82) is 0 Å². The van der Waals surface area contributed by atoms with Crippen molar-refractivity contribution in [3.8, 4) is 0 Å². The molecule has 2 fully saturated rings. The van der Waals surface area contributed by atoms with E-state index in [0.717, 1.165) is 0 Å². The van der Waals surface area contributed by atoms with Crippen molar-refractivity contribution < 1.29 is 42.2 Å². The lowest BCUT2D eigenvalue weighted by atomic mass is 9.97. The van der Waals surface area contributed by atoms with Gasteiger partial charge in [0.1, 0.15) is 11.7 Å². The van der Waals surface area contributed by atoms with E-state index in [1.807, 2.05) is 27.7 Å². The molecule has 176 valence electrons. The summed E-state index contributed by atoms with van der Waals surface area (Å²) in [6, 6.07) is 0. The van der Waals surface area contributed by atoms with E-state index < -0.39 is 37.7 Å². The average Bonchev–Trinajstić information content (AvgIpc) is 3.11. The minimum absolute atomic E-state index is 0.0176. The van der Waals surface area contributed by atoms with Gasteiger partial charge in [0, 0.05) is 19.4 Å². The second-order valence-corrected chi connectivity index (χ2v) is 9.86. The molecule has 2 heterocycles. The van der Waals surface area contributed by atoms with E-state index in [4.69, 9.17) is 33.7 Å². The highest BCUT2D eigenvalue weighted by Gasteiger charge is 2.50. The lowest BCUT2D eigenvalue weighted by Gasteiger charge is -2.36. The molecule has 2 unspecified atom stereocenters. The van der Waals surface area contributed by atoms with E-state index in [2.05, 4.69) is 0 Å². The molecule has 0 aromatic rings. The highest BCUT2D eigenvalue weighted by molar-refractivity contribution is 7.46. The van der Waals surface area contributed by atoms with Gasteiger partial charge in [-0.05, 0) is 41.5 Å². The smallest absolute Gasteiger partial charge is 0.343 e. The van der Waals surface area contributed by atoms with Crippen LogP contribution in [0.4, 0.5) is 0 Å². The second kappa shape index (κ2) is 10.4. The molecule has 10 nitrogen and oxygen atoms in total. The van der Waals surface area contributed by atoms with Crippen LogP contribution in [0.15, 0.2) is 0 Å². The number of rotatable bonds is 10. The first-order valence-electron chi connectivity index (χ1n) is 10.4. The number of carbonyl (C=O) groups is 1. The van der Waals surface area contributed by atoms with Gasteiger partial charge in [-0.3, -0.25) is 4.57 Å². The number of hydrogen-bond acceptors (Lipinski definition) is 10. The Balaban J connectivity index is 2.07. The Kier molecular flexibility index (Phi) is 8.87. The van der Waals surface area contributed by atoms with Gasteiger partial charge in [0.25, 0.3) is 0 Å². The third-order valence-corrected chi connectivity index (χ3v) is 5.91. The molecule has 0 aromatic carbocycles. The Hall–Kier alpha value is -0.580. The van der Waals surface area contributed by atoms with E-state index >= 15 is 0 Å². The van der Waals surface area contributed by atoms with Gasteiger partial charge in [0.05, 0.1) is 37.1 Å². The minimum Gasteiger partial charge on any atom is -0.746 e. The summed E-state index contributed by atoms with van der Waals surface area (Å²) in [5.74, 6) is -1.06. The number of phosphoric acid groups is 1. The normalized spacial score (nSPS) is 36.4. The zero-order valence-corrected chi connectivity index (χ0v) is 19.5. The van der Waals surface area contributed by atoms with E-state index in [1.165, 1.54) is 0 Å². The van der Waals surface area contributed by atoms with E-state index in [1.54, 1.807) is 13.8 Å². The topological polar surface area (TPSA) is 139 Å². The Labute approximate surface area is 178 Å². The summed E-state index contributed by atoms with van der Waals surface area (Å²) in [5.41, 5.74) is 4.73. The third kappa shape index (κ3) is 6.71. The van der Waals surface area contributed by atoms with Crippen LogP contribution in [0.3, 0.4) is 0 Å². The predicted molar refractivity (Wildman–Crippen MR) is 106 cm³/mol. The van der Waals surface area contributed by atoms with Crippen LogP contribution in [0, 0.1) is 0 Å². The first kappa shape index (κ1) is 25.7. The zero-order chi connectivity index (χ0) is 22.7. The van der Waals surface area contributed by atoms with Crippen LogP contribution in [0.2, 0.25) is 0 Å². The van der Waals surface area contributed by atoms with Crippen LogP contribution < -0.4 is 10.6 Å². The molecule has 7 atom stereocenters. The highest BCUT2D eigenvalue weighted by Crippen LogP contribution is 2.47. The quantitative estimate of drug-likeness (QED) is 0.482. The summed E-state index contributed by atoms with van der Waals surface area (Å²) in [4.78, 5) is 25.1. The molecular formula is C19H35NO9P-. The van der Waals surface area contributed by atoms with Crippen molar-refractivity contribution in [2.24, 2.45) is 5.73 Å².